The molecule has 3 aliphatic rings. The van der Waals surface area contributed by atoms with Gasteiger partial charge in [0.2, 0.25) is 0 Å². The van der Waals surface area contributed by atoms with E-state index < -0.39 is 0 Å². The average molecular weight is 320 g/mol. The van der Waals surface area contributed by atoms with Crippen molar-refractivity contribution in [2.24, 2.45) is 17.8 Å². The molecule has 4 nitrogen and oxygen atoms in total. The number of hydrogen-bond acceptors (Lipinski definition) is 4. The van der Waals surface area contributed by atoms with E-state index in [0.29, 0.717) is 17.9 Å². The number of amides is 1. The van der Waals surface area contributed by atoms with E-state index in [1.165, 1.54) is 25.8 Å². The Balaban J connectivity index is 1.32. The molecule has 2 saturated carbocycles. The van der Waals surface area contributed by atoms with E-state index in [4.69, 9.17) is 4.74 Å². The zero-order chi connectivity index (χ0) is 14.9. The quantitative estimate of drug-likeness (QED) is 0.845. The molecule has 2 unspecified atom stereocenters. The summed E-state index contributed by atoms with van der Waals surface area (Å²) in [5, 5.41) is 10.8. The van der Waals surface area contributed by atoms with Gasteiger partial charge in [-0.2, -0.15) is 11.3 Å². The fourth-order valence-corrected chi connectivity index (χ4v) is 4.21. The lowest BCUT2D eigenvalue weighted by Crippen LogP contribution is -2.47. The summed E-state index contributed by atoms with van der Waals surface area (Å²) in [5.41, 5.74) is 0.787. The van der Waals surface area contributed by atoms with E-state index in [9.17, 15) is 4.79 Å². The maximum absolute atomic E-state index is 12.3. The van der Waals surface area contributed by atoms with E-state index in [-0.39, 0.29) is 11.9 Å². The van der Waals surface area contributed by atoms with Crippen molar-refractivity contribution in [2.45, 2.75) is 37.8 Å². The molecule has 1 aliphatic heterocycles. The molecule has 5 heteroatoms. The minimum Gasteiger partial charge on any atom is -0.381 e. The predicted molar refractivity (Wildman–Crippen MR) is 87.1 cm³/mol. The van der Waals surface area contributed by atoms with Gasteiger partial charge >= 0.3 is 0 Å². The van der Waals surface area contributed by atoms with E-state index in [0.717, 1.165) is 31.1 Å². The van der Waals surface area contributed by atoms with Gasteiger partial charge in [-0.05, 0) is 55.5 Å². The molecule has 0 aromatic carbocycles. The van der Waals surface area contributed by atoms with E-state index in [1.807, 2.05) is 16.8 Å². The number of thiophene rings is 1. The van der Waals surface area contributed by atoms with Crippen LogP contribution in [0.1, 0.15) is 36.0 Å². The normalized spacial score (nSPS) is 34.4. The molecular weight excluding hydrogens is 296 g/mol. The van der Waals surface area contributed by atoms with Gasteiger partial charge in [0.15, 0.2) is 0 Å². The highest BCUT2D eigenvalue weighted by Gasteiger charge is 2.47. The zero-order valence-electron chi connectivity index (χ0n) is 12.8. The van der Waals surface area contributed by atoms with Crippen LogP contribution in [0.2, 0.25) is 0 Å². The monoisotopic (exact) mass is 320 g/mol. The topological polar surface area (TPSA) is 50.4 Å². The Morgan fingerprint density at radius 2 is 2.18 bits per heavy atom. The number of ether oxygens (including phenoxy) is 1. The third kappa shape index (κ3) is 3.36. The van der Waals surface area contributed by atoms with Crippen molar-refractivity contribution in [1.29, 1.82) is 0 Å². The summed E-state index contributed by atoms with van der Waals surface area (Å²) in [4.78, 5) is 12.3. The van der Waals surface area contributed by atoms with Gasteiger partial charge in [-0.3, -0.25) is 4.79 Å². The molecule has 1 aromatic rings. The van der Waals surface area contributed by atoms with Gasteiger partial charge in [-0.15, -0.1) is 0 Å². The van der Waals surface area contributed by atoms with Crippen LogP contribution < -0.4 is 10.6 Å². The first-order valence-corrected chi connectivity index (χ1v) is 9.40. The maximum Gasteiger partial charge on any atom is 0.252 e. The Bertz CT molecular complexity index is 515. The first-order valence-electron chi connectivity index (χ1n) is 8.45. The highest BCUT2D eigenvalue weighted by atomic mass is 32.1. The second-order valence-electron chi connectivity index (χ2n) is 6.98. The zero-order valence-corrected chi connectivity index (χ0v) is 13.6. The minimum atomic E-state index is 0.0706. The van der Waals surface area contributed by atoms with Crippen molar-refractivity contribution in [2.75, 3.05) is 19.8 Å². The van der Waals surface area contributed by atoms with E-state index in [2.05, 4.69) is 10.6 Å². The Morgan fingerprint density at radius 3 is 2.95 bits per heavy atom. The highest BCUT2D eigenvalue weighted by molar-refractivity contribution is 7.08. The summed E-state index contributed by atoms with van der Waals surface area (Å²) < 4.78 is 5.70. The fourth-order valence-electron chi connectivity index (χ4n) is 3.57. The number of nitrogens with one attached hydrogen (secondary N) is 2. The first kappa shape index (κ1) is 14.7. The van der Waals surface area contributed by atoms with Crippen LogP contribution in [0.3, 0.4) is 0 Å². The molecule has 0 spiro atoms. The number of rotatable bonds is 6. The molecule has 0 bridgehead atoms. The van der Waals surface area contributed by atoms with Gasteiger partial charge in [0.1, 0.15) is 0 Å². The van der Waals surface area contributed by atoms with Gasteiger partial charge in [0.25, 0.3) is 5.91 Å². The van der Waals surface area contributed by atoms with Gasteiger partial charge in [0.05, 0.1) is 6.61 Å². The molecule has 0 radical (unpaired) electrons. The second kappa shape index (κ2) is 6.30. The Morgan fingerprint density at radius 1 is 1.27 bits per heavy atom. The molecule has 3 fully saturated rings. The van der Waals surface area contributed by atoms with Crippen LogP contribution in [-0.4, -0.2) is 37.7 Å². The molecule has 120 valence electrons. The number of carbonyl (C=O) groups is 1. The summed E-state index contributed by atoms with van der Waals surface area (Å²) in [7, 11) is 0. The van der Waals surface area contributed by atoms with Gasteiger partial charge < -0.3 is 15.4 Å². The van der Waals surface area contributed by atoms with Gasteiger partial charge in [-0.1, -0.05) is 0 Å². The van der Waals surface area contributed by atoms with Crippen LogP contribution in [0.25, 0.3) is 0 Å². The van der Waals surface area contributed by atoms with Crippen molar-refractivity contribution in [3.63, 3.8) is 0 Å². The lowest BCUT2D eigenvalue weighted by Gasteiger charge is -2.32. The molecule has 4 atom stereocenters. The van der Waals surface area contributed by atoms with Gasteiger partial charge in [0, 0.05) is 35.6 Å². The third-order valence-corrected chi connectivity index (χ3v) is 5.94. The maximum atomic E-state index is 12.3. The van der Waals surface area contributed by atoms with Crippen LogP contribution in [-0.2, 0) is 4.74 Å². The van der Waals surface area contributed by atoms with Crippen molar-refractivity contribution in [3.8, 4) is 0 Å². The van der Waals surface area contributed by atoms with Crippen molar-refractivity contribution < 1.29 is 9.53 Å². The smallest absolute Gasteiger partial charge is 0.252 e. The summed E-state index contributed by atoms with van der Waals surface area (Å²) in [6, 6.07) is 2.80. The Kier molecular flexibility index (Phi) is 4.20. The largest absolute Gasteiger partial charge is 0.381 e. The van der Waals surface area contributed by atoms with Crippen LogP contribution in [0.15, 0.2) is 16.8 Å². The summed E-state index contributed by atoms with van der Waals surface area (Å²) >= 11 is 1.57. The van der Waals surface area contributed by atoms with Crippen LogP contribution in [0.5, 0.6) is 0 Å². The standard InChI is InChI=1S/C17H24N2O2S/c20-17(12-4-6-22-10-12)19-15-3-5-21-9-14(15)13-7-16(13)18-8-11-1-2-11/h4,6,10-11,13-16,18H,1-3,5,7-9H2,(H,19,20)/t13-,14?,15?,16-/m1/s1. The lowest BCUT2D eigenvalue weighted by molar-refractivity contribution is 0.0218. The highest BCUT2D eigenvalue weighted by Crippen LogP contribution is 2.42. The van der Waals surface area contributed by atoms with Crippen molar-refractivity contribution in [1.82, 2.24) is 10.6 Å². The molecule has 1 aromatic heterocycles. The molecule has 1 amide bonds. The number of hydrogen-bond donors (Lipinski definition) is 2. The summed E-state index contributed by atoms with van der Waals surface area (Å²) in [6.45, 7) is 2.74. The molecule has 2 heterocycles. The van der Waals surface area contributed by atoms with Crippen LogP contribution in [0.4, 0.5) is 0 Å². The average Bonchev–Trinajstić information content (AvgIpc) is 3.44. The number of carbonyl (C=O) groups excluding carboxylic acids is 1. The molecule has 1 saturated heterocycles. The molecule has 22 heavy (non-hydrogen) atoms. The van der Waals surface area contributed by atoms with E-state index >= 15 is 0 Å². The molecule has 2 N–H and O–H groups in total. The Hall–Kier alpha value is -0.910. The Labute approximate surface area is 135 Å². The predicted octanol–water partition coefficient (Wildman–Crippen LogP) is 2.27. The van der Waals surface area contributed by atoms with Crippen molar-refractivity contribution >= 4 is 17.2 Å². The van der Waals surface area contributed by atoms with Crippen molar-refractivity contribution in [3.05, 3.63) is 22.4 Å². The molecule has 2 aliphatic carbocycles. The molecular formula is C17H24N2O2S. The fraction of sp³-hybridized carbons (Fsp3) is 0.706. The van der Waals surface area contributed by atoms with Crippen LogP contribution >= 0.6 is 11.3 Å². The lowest BCUT2D eigenvalue weighted by atomic mass is 9.90. The van der Waals surface area contributed by atoms with E-state index in [1.54, 1.807) is 11.3 Å². The first-order chi connectivity index (χ1) is 10.8. The second-order valence-corrected chi connectivity index (χ2v) is 7.76. The van der Waals surface area contributed by atoms with Crippen LogP contribution in [0, 0.1) is 17.8 Å². The summed E-state index contributed by atoms with van der Waals surface area (Å²) in [6.07, 6.45) is 4.98. The van der Waals surface area contributed by atoms with Gasteiger partial charge in [-0.25, -0.2) is 0 Å². The molecule has 4 rings (SSSR count). The SMILES string of the molecule is O=C(NC1CCOCC1[C@H]1C[C@H]1NCC1CC1)c1ccsc1. The summed E-state index contributed by atoms with van der Waals surface area (Å²) in [5.74, 6) is 2.14. The minimum absolute atomic E-state index is 0.0706. The third-order valence-electron chi connectivity index (χ3n) is 5.26.